The van der Waals surface area contributed by atoms with E-state index in [0.717, 1.165) is 48.4 Å². The molecule has 0 aromatic heterocycles. The molecule has 28 heavy (non-hydrogen) atoms. The third kappa shape index (κ3) is 4.66. The SMILES string of the molecule is C=CCC[C@@H]1CC[C@@H]2CC(C3CCc4cc(OCCC)ccc4C3)CCC2C1. The molecule has 4 rings (SSSR count). The Balaban J connectivity index is 1.31. The summed E-state index contributed by atoms with van der Waals surface area (Å²) in [7, 11) is 0. The van der Waals surface area contributed by atoms with Crippen LogP contribution in [0.5, 0.6) is 5.75 Å². The first-order valence-electron chi connectivity index (χ1n) is 12.1. The van der Waals surface area contributed by atoms with E-state index >= 15 is 0 Å². The van der Waals surface area contributed by atoms with E-state index in [0.29, 0.717) is 0 Å². The van der Waals surface area contributed by atoms with Crippen molar-refractivity contribution in [2.45, 2.75) is 84.0 Å². The van der Waals surface area contributed by atoms with Crippen molar-refractivity contribution >= 4 is 0 Å². The highest BCUT2D eigenvalue weighted by Gasteiger charge is 2.38. The summed E-state index contributed by atoms with van der Waals surface area (Å²) in [5.41, 5.74) is 3.16. The molecule has 3 aliphatic carbocycles. The first-order chi connectivity index (χ1) is 13.8. The highest BCUT2D eigenvalue weighted by atomic mass is 16.5. The van der Waals surface area contributed by atoms with E-state index in [1.54, 1.807) is 11.1 Å². The Morgan fingerprint density at radius 1 is 0.964 bits per heavy atom. The number of ether oxygens (including phenoxy) is 1. The van der Waals surface area contributed by atoms with Crippen molar-refractivity contribution in [3.63, 3.8) is 0 Å². The summed E-state index contributed by atoms with van der Waals surface area (Å²) < 4.78 is 5.85. The summed E-state index contributed by atoms with van der Waals surface area (Å²) in [5.74, 6) is 6.04. The monoisotopic (exact) mass is 380 g/mol. The smallest absolute Gasteiger partial charge is 0.119 e. The molecule has 2 saturated carbocycles. The lowest BCUT2D eigenvalue weighted by molar-refractivity contribution is 0.0699. The summed E-state index contributed by atoms with van der Waals surface area (Å²) in [6.07, 6.45) is 18.8. The van der Waals surface area contributed by atoms with Gasteiger partial charge in [-0.2, -0.15) is 0 Å². The maximum Gasteiger partial charge on any atom is 0.119 e. The Kier molecular flexibility index (Phi) is 6.81. The Bertz CT molecular complexity index is 648. The third-order valence-electron chi connectivity index (χ3n) is 8.13. The van der Waals surface area contributed by atoms with Gasteiger partial charge in [0.2, 0.25) is 0 Å². The minimum atomic E-state index is 0.834. The lowest BCUT2D eigenvalue weighted by Crippen LogP contribution is -2.35. The molecule has 0 radical (unpaired) electrons. The predicted octanol–water partition coefficient (Wildman–Crippen LogP) is 7.38. The van der Waals surface area contributed by atoms with Crippen LogP contribution in [0.2, 0.25) is 0 Å². The second-order valence-electron chi connectivity index (χ2n) is 9.92. The van der Waals surface area contributed by atoms with Gasteiger partial charge in [-0.25, -0.2) is 0 Å². The molecular formula is C27H40O. The van der Waals surface area contributed by atoms with Gasteiger partial charge in [-0.3, -0.25) is 0 Å². The molecule has 5 atom stereocenters. The third-order valence-corrected chi connectivity index (χ3v) is 8.13. The first kappa shape index (κ1) is 20.0. The molecule has 1 aromatic rings. The zero-order chi connectivity index (χ0) is 19.3. The van der Waals surface area contributed by atoms with Crippen LogP contribution in [0.3, 0.4) is 0 Å². The van der Waals surface area contributed by atoms with E-state index < -0.39 is 0 Å². The van der Waals surface area contributed by atoms with Crippen molar-refractivity contribution in [1.29, 1.82) is 0 Å². The second kappa shape index (κ2) is 9.51. The number of fused-ring (bicyclic) bond motifs is 2. The number of rotatable bonds is 7. The van der Waals surface area contributed by atoms with Gasteiger partial charge in [-0.05, 0) is 123 Å². The normalized spacial score (nSPS) is 32.2. The molecule has 0 aliphatic heterocycles. The van der Waals surface area contributed by atoms with E-state index in [2.05, 4.69) is 37.8 Å². The molecular weight excluding hydrogens is 340 g/mol. The fourth-order valence-corrected chi connectivity index (χ4v) is 6.54. The highest BCUT2D eigenvalue weighted by molar-refractivity contribution is 5.37. The fraction of sp³-hybridized carbons (Fsp3) is 0.704. The fourth-order valence-electron chi connectivity index (χ4n) is 6.54. The van der Waals surface area contributed by atoms with Crippen LogP contribution in [0.4, 0.5) is 0 Å². The Morgan fingerprint density at radius 2 is 1.75 bits per heavy atom. The van der Waals surface area contributed by atoms with Crippen molar-refractivity contribution in [3.05, 3.63) is 42.0 Å². The summed E-state index contributed by atoms with van der Waals surface area (Å²) >= 11 is 0. The van der Waals surface area contributed by atoms with Crippen LogP contribution in [0, 0.1) is 29.6 Å². The molecule has 0 N–H and O–H groups in total. The van der Waals surface area contributed by atoms with Gasteiger partial charge in [0.05, 0.1) is 6.61 Å². The maximum atomic E-state index is 5.85. The largest absolute Gasteiger partial charge is 0.494 e. The van der Waals surface area contributed by atoms with Gasteiger partial charge in [0.15, 0.2) is 0 Å². The van der Waals surface area contributed by atoms with Gasteiger partial charge >= 0.3 is 0 Å². The Hall–Kier alpha value is -1.24. The van der Waals surface area contributed by atoms with Crippen molar-refractivity contribution < 1.29 is 4.74 Å². The molecule has 0 saturated heterocycles. The number of benzene rings is 1. The lowest BCUT2D eigenvalue weighted by atomic mass is 9.61. The maximum absolute atomic E-state index is 5.85. The van der Waals surface area contributed by atoms with Crippen molar-refractivity contribution in [2.75, 3.05) is 6.61 Å². The van der Waals surface area contributed by atoms with E-state index in [9.17, 15) is 0 Å². The molecule has 1 nitrogen and oxygen atoms in total. The molecule has 154 valence electrons. The van der Waals surface area contributed by atoms with E-state index in [4.69, 9.17) is 4.74 Å². The quantitative estimate of drug-likeness (QED) is 0.448. The summed E-state index contributed by atoms with van der Waals surface area (Å²) in [5, 5.41) is 0. The first-order valence-corrected chi connectivity index (χ1v) is 12.1. The minimum absolute atomic E-state index is 0.834. The van der Waals surface area contributed by atoms with Crippen molar-refractivity contribution in [2.24, 2.45) is 29.6 Å². The van der Waals surface area contributed by atoms with E-state index in [-0.39, 0.29) is 0 Å². The van der Waals surface area contributed by atoms with Crippen LogP contribution in [0.25, 0.3) is 0 Å². The van der Waals surface area contributed by atoms with Crippen LogP contribution >= 0.6 is 0 Å². The number of hydrogen-bond acceptors (Lipinski definition) is 1. The highest BCUT2D eigenvalue weighted by Crippen LogP contribution is 2.49. The standard InChI is InChI=1S/C27H40O/c1-3-5-6-20-7-8-22-17-23(10-9-21(22)16-20)24-11-12-26-19-27(28-15-4-2)14-13-25(26)18-24/h3,13-14,19-24H,1,4-12,15-18H2,2H3/t20-,21?,22-,23?,24?/m1/s1. The van der Waals surface area contributed by atoms with Gasteiger partial charge in [-0.1, -0.05) is 25.5 Å². The van der Waals surface area contributed by atoms with E-state index in [1.165, 1.54) is 70.6 Å². The van der Waals surface area contributed by atoms with E-state index in [1.807, 2.05) is 0 Å². The van der Waals surface area contributed by atoms with Crippen LogP contribution < -0.4 is 4.74 Å². The molecule has 0 heterocycles. The average Bonchev–Trinajstić information content (AvgIpc) is 2.75. The molecule has 3 unspecified atom stereocenters. The van der Waals surface area contributed by atoms with Gasteiger partial charge in [0.25, 0.3) is 0 Å². The molecule has 0 amide bonds. The number of hydrogen-bond donors (Lipinski definition) is 0. The molecule has 0 bridgehead atoms. The zero-order valence-corrected chi connectivity index (χ0v) is 18.0. The van der Waals surface area contributed by atoms with Crippen LogP contribution in [0.1, 0.15) is 82.3 Å². The van der Waals surface area contributed by atoms with Gasteiger partial charge in [0, 0.05) is 0 Å². The van der Waals surface area contributed by atoms with Crippen LogP contribution in [0.15, 0.2) is 30.9 Å². The second-order valence-corrected chi connectivity index (χ2v) is 9.92. The van der Waals surface area contributed by atoms with Gasteiger partial charge in [-0.15, -0.1) is 6.58 Å². The Labute approximate surface area is 173 Å². The molecule has 1 aromatic carbocycles. The molecule has 3 aliphatic rings. The summed E-state index contributed by atoms with van der Waals surface area (Å²) in [4.78, 5) is 0. The minimum Gasteiger partial charge on any atom is -0.494 e. The van der Waals surface area contributed by atoms with Crippen molar-refractivity contribution in [3.8, 4) is 5.75 Å². The molecule has 0 spiro atoms. The zero-order valence-electron chi connectivity index (χ0n) is 18.0. The number of allylic oxidation sites excluding steroid dienone is 1. The van der Waals surface area contributed by atoms with Crippen LogP contribution in [-0.4, -0.2) is 6.61 Å². The molecule has 1 heteroatoms. The predicted molar refractivity (Wildman–Crippen MR) is 119 cm³/mol. The van der Waals surface area contributed by atoms with Crippen molar-refractivity contribution in [1.82, 2.24) is 0 Å². The lowest BCUT2D eigenvalue weighted by Gasteiger charge is -2.45. The topological polar surface area (TPSA) is 9.23 Å². The van der Waals surface area contributed by atoms with Gasteiger partial charge in [0.1, 0.15) is 5.75 Å². The summed E-state index contributed by atoms with van der Waals surface area (Å²) in [6.45, 7) is 6.92. The van der Waals surface area contributed by atoms with Crippen LogP contribution in [-0.2, 0) is 12.8 Å². The molecule has 2 fully saturated rings. The van der Waals surface area contributed by atoms with Gasteiger partial charge < -0.3 is 4.74 Å². The summed E-state index contributed by atoms with van der Waals surface area (Å²) in [6, 6.07) is 6.89. The Morgan fingerprint density at radius 3 is 2.57 bits per heavy atom. The number of aryl methyl sites for hydroxylation is 1. The average molecular weight is 381 g/mol.